The topological polar surface area (TPSA) is 0 Å². The fourth-order valence-electron chi connectivity index (χ4n) is 3.24. The second kappa shape index (κ2) is 4.30. The van der Waals surface area contributed by atoms with Gasteiger partial charge >= 0.3 is 0 Å². The smallest absolute Gasteiger partial charge is 0.0334 e. The molecule has 1 fully saturated rings. The van der Waals surface area contributed by atoms with Crippen LogP contribution in [0.4, 0.5) is 0 Å². The van der Waals surface area contributed by atoms with Crippen LogP contribution in [0.25, 0.3) is 0 Å². The van der Waals surface area contributed by atoms with Crippen molar-refractivity contribution in [3.63, 3.8) is 0 Å². The Hall–Kier alpha value is 0. The zero-order valence-corrected chi connectivity index (χ0v) is 9.14. The molecule has 72 valence electrons. The highest BCUT2D eigenvalue weighted by Crippen LogP contribution is 2.44. The van der Waals surface area contributed by atoms with Gasteiger partial charge in [-0.2, -0.15) is 0 Å². The third-order valence-electron chi connectivity index (χ3n) is 3.82. The summed E-state index contributed by atoms with van der Waals surface area (Å²) in [4.78, 5) is 0. The van der Waals surface area contributed by atoms with Crippen LogP contribution >= 0.6 is 0 Å². The van der Waals surface area contributed by atoms with Crippen LogP contribution in [-0.4, -0.2) is 0 Å². The van der Waals surface area contributed by atoms with Gasteiger partial charge in [-0.3, -0.25) is 0 Å². The molecule has 1 aliphatic rings. The largest absolute Gasteiger partial charge is 0.0651 e. The normalized spacial score (nSPS) is 36.2. The Bertz CT molecular complexity index is 114. The van der Waals surface area contributed by atoms with Crippen molar-refractivity contribution in [2.45, 2.75) is 53.4 Å². The van der Waals surface area contributed by atoms with Crippen LogP contribution in [0, 0.1) is 23.7 Å². The van der Waals surface area contributed by atoms with Gasteiger partial charge in [0.2, 0.25) is 0 Å². The van der Waals surface area contributed by atoms with E-state index < -0.39 is 0 Å². The zero-order valence-electron chi connectivity index (χ0n) is 9.14. The maximum absolute atomic E-state index is 2.40. The average Bonchev–Trinajstić information content (AvgIpc) is 2.46. The SMILES string of the molecule is CCC1CCC(CC)C1C(C)C. The number of hydrogen-bond donors (Lipinski definition) is 0. The number of hydrogen-bond acceptors (Lipinski definition) is 0. The maximum atomic E-state index is 2.40. The molecule has 0 aromatic heterocycles. The summed E-state index contributed by atoms with van der Waals surface area (Å²) in [7, 11) is 0. The van der Waals surface area contributed by atoms with Crippen LogP contribution in [0.2, 0.25) is 0 Å². The summed E-state index contributed by atoms with van der Waals surface area (Å²) in [6.45, 7) is 9.53. The molecule has 1 rings (SSSR count). The minimum absolute atomic E-state index is 0.905. The van der Waals surface area contributed by atoms with Crippen molar-refractivity contribution in [1.82, 2.24) is 0 Å². The lowest BCUT2D eigenvalue weighted by Gasteiger charge is -2.27. The van der Waals surface area contributed by atoms with Crippen LogP contribution < -0.4 is 0 Å². The van der Waals surface area contributed by atoms with Crippen LogP contribution in [0.15, 0.2) is 0 Å². The lowest BCUT2D eigenvalue weighted by atomic mass is 9.78. The summed E-state index contributed by atoms with van der Waals surface area (Å²) < 4.78 is 0. The lowest BCUT2D eigenvalue weighted by molar-refractivity contribution is 0.222. The molecule has 2 atom stereocenters. The molecule has 2 unspecified atom stereocenters. The summed E-state index contributed by atoms with van der Waals surface area (Å²) in [5.41, 5.74) is 0. The van der Waals surface area contributed by atoms with E-state index in [0.29, 0.717) is 0 Å². The quantitative estimate of drug-likeness (QED) is 0.595. The van der Waals surface area contributed by atoms with Gasteiger partial charge in [0, 0.05) is 0 Å². The minimum atomic E-state index is 0.905. The van der Waals surface area contributed by atoms with E-state index >= 15 is 0 Å². The predicted octanol–water partition coefficient (Wildman–Crippen LogP) is 4.10. The van der Waals surface area contributed by atoms with E-state index in [2.05, 4.69) is 27.7 Å². The lowest BCUT2D eigenvalue weighted by Crippen LogP contribution is -2.20. The summed E-state index contributed by atoms with van der Waals surface area (Å²) in [5.74, 6) is 4.01. The second-order valence-electron chi connectivity index (χ2n) is 4.74. The van der Waals surface area contributed by atoms with Gasteiger partial charge < -0.3 is 0 Å². The molecular formula is C12H24. The van der Waals surface area contributed by atoms with Crippen LogP contribution in [0.3, 0.4) is 0 Å². The van der Waals surface area contributed by atoms with E-state index in [1.807, 2.05) is 0 Å². The second-order valence-corrected chi connectivity index (χ2v) is 4.74. The molecule has 12 heavy (non-hydrogen) atoms. The van der Waals surface area contributed by atoms with Gasteiger partial charge in [-0.1, -0.05) is 40.5 Å². The van der Waals surface area contributed by atoms with E-state index in [0.717, 1.165) is 23.7 Å². The van der Waals surface area contributed by atoms with Gasteiger partial charge in [-0.25, -0.2) is 0 Å². The van der Waals surface area contributed by atoms with Gasteiger partial charge in [0.05, 0.1) is 0 Å². The van der Waals surface area contributed by atoms with E-state index in [9.17, 15) is 0 Å². The highest BCUT2D eigenvalue weighted by atomic mass is 14.4. The molecule has 0 nitrogen and oxygen atoms in total. The third kappa shape index (κ3) is 1.84. The van der Waals surface area contributed by atoms with Gasteiger partial charge in [0.15, 0.2) is 0 Å². The van der Waals surface area contributed by atoms with Crippen molar-refractivity contribution in [3.05, 3.63) is 0 Å². The molecule has 0 spiro atoms. The Morgan fingerprint density at radius 1 is 1.00 bits per heavy atom. The van der Waals surface area contributed by atoms with E-state index in [-0.39, 0.29) is 0 Å². The van der Waals surface area contributed by atoms with Crippen molar-refractivity contribution in [1.29, 1.82) is 0 Å². The molecule has 0 saturated heterocycles. The van der Waals surface area contributed by atoms with Gasteiger partial charge in [-0.15, -0.1) is 0 Å². The minimum Gasteiger partial charge on any atom is -0.0651 e. The van der Waals surface area contributed by atoms with Crippen molar-refractivity contribution in [3.8, 4) is 0 Å². The van der Waals surface area contributed by atoms with Crippen LogP contribution in [-0.2, 0) is 0 Å². The fraction of sp³-hybridized carbons (Fsp3) is 1.00. The average molecular weight is 168 g/mol. The monoisotopic (exact) mass is 168 g/mol. The van der Waals surface area contributed by atoms with Crippen molar-refractivity contribution in [2.75, 3.05) is 0 Å². The molecule has 0 amide bonds. The first-order valence-corrected chi connectivity index (χ1v) is 5.70. The zero-order chi connectivity index (χ0) is 9.14. The molecule has 1 aliphatic carbocycles. The Kier molecular flexibility index (Phi) is 3.61. The number of rotatable bonds is 3. The highest BCUT2D eigenvalue weighted by Gasteiger charge is 2.35. The molecule has 0 heterocycles. The van der Waals surface area contributed by atoms with Crippen molar-refractivity contribution < 1.29 is 0 Å². The first kappa shape index (κ1) is 10.1. The summed E-state index contributed by atoms with van der Waals surface area (Å²) >= 11 is 0. The molecule has 0 heteroatoms. The summed E-state index contributed by atoms with van der Waals surface area (Å²) in [6.07, 6.45) is 5.80. The summed E-state index contributed by atoms with van der Waals surface area (Å²) in [5, 5.41) is 0. The van der Waals surface area contributed by atoms with E-state index in [1.165, 1.54) is 25.7 Å². The van der Waals surface area contributed by atoms with Gasteiger partial charge in [0.25, 0.3) is 0 Å². The van der Waals surface area contributed by atoms with E-state index in [4.69, 9.17) is 0 Å². The Labute approximate surface area is 77.7 Å². The molecule has 0 aromatic carbocycles. The summed E-state index contributed by atoms with van der Waals surface area (Å²) in [6, 6.07) is 0. The molecular weight excluding hydrogens is 144 g/mol. The van der Waals surface area contributed by atoms with Crippen molar-refractivity contribution >= 4 is 0 Å². The maximum Gasteiger partial charge on any atom is -0.0334 e. The standard InChI is InChI=1S/C12H24/c1-5-10-7-8-11(6-2)12(10)9(3)4/h9-12H,5-8H2,1-4H3. The predicted molar refractivity (Wildman–Crippen MR) is 55.1 cm³/mol. The Morgan fingerprint density at radius 3 is 1.67 bits per heavy atom. The molecule has 0 N–H and O–H groups in total. The Morgan fingerprint density at radius 2 is 1.42 bits per heavy atom. The van der Waals surface area contributed by atoms with E-state index in [1.54, 1.807) is 0 Å². The van der Waals surface area contributed by atoms with Gasteiger partial charge in [-0.05, 0) is 36.5 Å². The first-order chi connectivity index (χ1) is 5.70. The molecule has 0 aliphatic heterocycles. The third-order valence-corrected chi connectivity index (χ3v) is 3.82. The molecule has 0 radical (unpaired) electrons. The fourth-order valence-corrected chi connectivity index (χ4v) is 3.24. The molecule has 0 bridgehead atoms. The van der Waals surface area contributed by atoms with Crippen molar-refractivity contribution in [2.24, 2.45) is 23.7 Å². The first-order valence-electron chi connectivity index (χ1n) is 5.70. The molecule has 1 saturated carbocycles. The molecule has 0 aromatic rings. The Balaban J connectivity index is 2.59. The van der Waals surface area contributed by atoms with Crippen LogP contribution in [0.1, 0.15) is 53.4 Å². The highest BCUT2D eigenvalue weighted by molar-refractivity contribution is 4.85. The van der Waals surface area contributed by atoms with Crippen LogP contribution in [0.5, 0.6) is 0 Å². The van der Waals surface area contributed by atoms with Gasteiger partial charge in [0.1, 0.15) is 0 Å².